The highest BCUT2D eigenvalue weighted by Crippen LogP contribution is 2.27. The van der Waals surface area contributed by atoms with Crippen LogP contribution < -0.4 is 0 Å². The van der Waals surface area contributed by atoms with E-state index in [1.807, 2.05) is 35.9 Å². The molecule has 0 saturated heterocycles. The van der Waals surface area contributed by atoms with Crippen LogP contribution in [0, 0.1) is 6.92 Å². The van der Waals surface area contributed by atoms with Gasteiger partial charge in [0.2, 0.25) is 0 Å². The molecule has 0 aliphatic carbocycles. The topological polar surface area (TPSA) is 30.7 Å². The summed E-state index contributed by atoms with van der Waals surface area (Å²) in [4.78, 5) is 0. The van der Waals surface area contributed by atoms with Gasteiger partial charge in [-0.3, -0.25) is 0 Å². The molecule has 3 nitrogen and oxygen atoms in total. The number of thioether (sulfide) groups is 1. The Morgan fingerprint density at radius 1 is 1.09 bits per heavy atom. The predicted octanol–water partition coefficient (Wildman–Crippen LogP) is 4.74. The Kier molecular flexibility index (Phi) is 4.50. The van der Waals surface area contributed by atoms with Gasteiger partial charge < -0.3 is 4.57 Å². The summed E-state index contributed by atoms with van der Waals surface area (Å²) < 4.78 is 2.01. The van der Waals surface area contributed by atoms with Crippen molar-refractivity contribution in [3.63, 3.8) is 0 Å². The van der Waals surface area contributed by atoms with Crippen molar-refractivity contribution in [2.24, 2.45) is 7.05 Å². The minimum Gasteiger partial charge on any atom is -0.305 e. The van der Waals surface area contributed by atoms with Crippen molar-refractivity contribution >= 4 is 23.4 Å². The Bertz CT molecular complexity index is 798. The van der Waals surface area contributed by atoms with Crippen molar-refractivity contribution in [1.82, 2.24) is 14.8 Å². The first-order chi connectivity index (χ1) is 10.6. The van der Waals surface area contributed by atoms with Gasteiger partial charge in [-0.05, 0) is 30.2 Å². The summed E-state index contributed by atoms with van der Waals surface area (Å²) in [6.07, 6.45) is 0. The standard InChI is InChI=1S/C17H16ClN3S/c1-12-6-3-4-7-14(12)11-22-17-20-19-16(21(17)2)13-8-5-9-15(18)10-13/h3-10H,11H2,1-2H3. The van der Waals surface area contributed by atoms with Gasteiger partial charge in [0.1, 0.15) is 0 Å². The molecule has 0 radical (unpaired) electrons. The molecule has 3 aromatic rings. The van der Waals surface area contributed by atoms with Crippen LogP contribution in [0.3, 0.4) is 0 Å². The SMILES string of the molecule is Cc1ccccc1CSc1nnc(-c2cccc(Cl)c2)n1C. The summed E-state index contributed by atoms with van der Waals surface area (Å²) in [6.45, 7) is 2.13. The molecule has 1 aromatic heterocycles. The third kappa shape index (κ3) is 3.18. The van der Waals surface area contributed by atoms with Crippen molar-refractivity contribution in [2.45, 2.75) is 17.8 Å². The van der Waals surface area contributed by atoms with Crippen LogP contribution >= 0.6 is 23.4 Å². The lowest BCUT2D eigenvalue weighted by Crippen LogP contribution is -1.95. The van der Waals surface area contributed by atoms with E-state index in [1.165, 1.54) is 11.1 Å². The molecule has 112 valence electrons. The number of halogens is 1. The molecule has 0 aliphatic heterocycles. The van der Waals surface area contributed by atoms with E-state index < -0.39 is 0 Å². The van der Waals surface area contributed by atoms with Crippen LogP contribution in [0.2, 0.25) is 5.02 Å². The number of hydrogen-bond donors (Lipinski definition) is 0. The average molecular weight is 330 g/mol. The lowest BCUT2D eigenvalue weighted by Gasteiger charge is -2.06. The monoisotopic (exact) mass is 329 g/mol. The maximum Gasteiger partial charge on any atom is 0.191 e. The zero-order valence-electron chi connectivity index (χ0n) is 12.5. The van der Waals surface area contributed by atoms with Crippen LogP contribution in [-0.4, -0.2) is 14.8 Å². The van der Waals surface area contributed by atoms with Crippen molar-refractivity contribution in [2.75, 3.05) is 0 Å². The lowest BCUT2D eigenvalue weighted by atomic mass is 10.1. The fourth-order valence-corrected chi connectivity index (χ4v) is 3.41. The van der Waals surface area contributed by atoms with Crippen LogP contribution in [0.1, 0.15) is 11.1 Å². The number of benzene rings is 2. The lowest BCUT2D eigenvalue weighted by molar-refractivity contribution is 0.793. The Morgan fingerprint density at radius 3 is 2.68 bits per heavy atom. The molecular weight excluding hydrogens is 314 g/mol. The van der Waals surface area contributed by atoms with Gasteiger partial charge in [-0.25, -0.2) is 0 Å². The molecule has 0 unspecified atom stereocenters. The summed E-state index contributed by atoms with van der Waals surface area (Å²) in [5.74, 6) is 1.71. The molecule has 0 saturated carbocycles. The van der Waals surface area contributed by atoms with E-state index in [4.69, 9.17) is 11.6 Å². The van der Waals surface area contributed by atoms with Gasteiger partial charge in [0.05, 0.1) is 0 Å². The van der Waals surface area contributed by atoms with Gasteiger partial charge in [-0.15, -0.1) is 10.2 Å². The molecule has 0 spiro atoms. The molecule has 0 N–H and O–H groups in total. The van der Waals surface area contributed by atoms with Gasteiger partial charge in [0.15, 0.2) is 11.0 Å². The highest BCUT2D eigenvalue weighted by molar-refractivity contribution is 7.98. The second-order valence-corrected chi connectivity index (χ2v) is 6.47. The van der Waals surface area contributed by atoms with Crippen LogP contribution in [0.4, 0.5) is 0 Å². The minimum atomic E-state index is 0.703. The van der Waals surface area contributed by atoms with Gasteiger partial charge in [-0.2, -0.15) is 0 Å². The van der Waals surface area contributed by atoms with Gasteiger partial charge in [0, 0.05) is 23.4 Å². The third-order valence-electron chi connectivity index (χ3n) is 3.54. The van der Waals surface area contributed by atoms with Crippen LogP contribution in [0.5, 0.6) is 0 Å². The Hall–Kier alpha value is -1.78. The number of nitrogens with zero attached hydrogens (tertiary/aromatic N) is 3. The van der Waals surface area contributed by atoms with Gasteiger partial charge in [0.25, 0.3) is 0 Å². The van der Waals surface area contributed by atoms with Gasteiger partial charge >= 0.3 is 0 Å². The molecule has 0 amide bonds. The molecule has 0 atom stereocenters. The number of aryl methyl sites for hydroxylation is 1. The summed E-state index contributed by atoms with van der Waals surface area (Å²) in [6, 6.07) is 16.1. The first-order valence-electron chi connectivity index (χ1n) is 6.98. The Morgan fingerprint density at radius 2 is 1.91 bits per heavy atom. The van der Waals surface area contributed by atoms with Crippen LogP contribution in [-0.2, 0) is 12.8 Å². The Labute approximate surface area is 139 Å². The summed E-state index contributed by atoms with van der Waals surface area (Å²) in [7, 11) is 1.98. The van der Waals surface area contributed by atoms with E-state index in [-0.39, 0.29) is 0 Å². The number of rotatable bonds is 4. The van der Waals surface area contributed by atoms with Crippen LogP contribution in [0.25, 0.3) is 11.4 Å². The van der Waals surface area contributed by atoms with Gasteiger partial charge in [-0.1, -0.05) is 59.8 Å². The fraction of sp³-hybridized carbons (Fsp3) is 0.176. The molecule has 0 bridgehead atoms. The zero-order chi connectivity index (χ0) is 15.5. The van der Waals surface area contributed by atoms with E-state index in [2.05, 4.69) is 41.4 Å². The largest absolute Gasteiger partial charge is 0.305 e. The quantitative estimate of drug-likeness (QED) is 0.648. The van der Waals surface area contributed by atoms with E-state index in [1.54, 1.807) is 11.8 Å². The highest BCUT2D eigenvalue weighted by Gasteiger charge is 2.12. The average Bonchev–Trinajstić information content (AvgIpc) is 2.87. The highest BCUT2D eigenvalue weighted by atomic mass is 35.5. The minimum absolute atomic E-state index is 0.703. The molecule has 22 heavy (non-hydrogen) atoms. The van der Waals surface area contributed by atoms with Crippen molar-refractivity contribution in [3.8, 4) is 11.4 Å². The fourth-order valence-electron chi connectivity index (χ4n) is 2.23. The number of aromatic nitrogens is 3. The van der Waals surface area contributed by atoms with Crippen molar-refractivity contribution in [3.05, 3.63) is 64.7 Å². The Balaban J connectivity index is 1.81. The van der Waals surface area contributed by atoms with Crippen LogP contribution in [0.15, 0.2) is 53.7 Å². The summed E-state index contributed by atoms with van der Waals surface area (Å²) >= 11 is 7.74. The van der Waals surface area contributed by atoms with E-state index in [0.717, 1.165) is 22.3 Å². The molecular formula is C17H16ClN3S. The normalized spacial score (nSPS) is 10.9. The number of hydrogen-bond acceptors (Lipinski definition) is 3. The molecule has 1 heterocycles. The zero-order valence-corrected chi connectivity index (χ0v) is 14.0. The molecule has 0 aliphatic rings. The van der Waals surface area contributed by atoms with E-state index >= 15 is 0 Å². The maximum absolute atomic E-state index is 6.05. The van der Waals surface area contributed by atoms with E-state index in [0.29, 0.717) is 5.02 Å². The third-order valence-corrected chi connectivity index (χ3v) is 4.84. The maximum atomic E-state index is 6.05. The molecule has 5 heteroatoms. The molecule has 2 aromatic carbocycles. The molecule has 0 fully saturated rings. The first kappa shape index (κ1) is 15.1. The van der Waals surface area contributed by atoms with E-state index in [9.17, 15) is 0 Å². The summed E-state index contributed by atoms with van der Waals surface area (Å²) in [5.41, 5.74) is 3.59. The second-order valence-electron chi connectivity index (χ2n) is 5.09. The first-order valence-corrected chi connectivity index (χ1v) is 8.34. The summed E-state index contributed by atoms with van der Waals surface area (Å²) in [5, 5.41) is 10.2. The second kappa shape index (κ2) is 6.55. The van der Waals surface area contributed by atoms with Crippen molar-refractivity contribution < 1.29 is 0 Å². The smallest absolute Gasteiger partial charge is 0.191 e. The van der Waals surface area contributed by atoms with Crippen molar-refractivity contribution in [1.29, 1.82) is 0 Å². The molecule has 3 rings (SSSR count). The predicted molar refractivity (Wildman–Crippen MR) is 92.2 cm³/mol.